The zero-order chi connectivity index (χ0) is 30.5. The number of hydrogen-bond acceptors (Lipinski definition) is 6. The van der Waals surface area contributed by atoms with Crippen LogP contribution >= 0.6 is 22.7 Å². The molecule has 7 rings (SSSR count). The van der Waals surface area contributed by atoms with Crippen LogP contribution in [0.25, 0.3) is 16.4 Å². The number of halogens is 1. The summed E-state index contributed by atoms with van der Waals surface area (Å²) in [4.78, 5) is 18.9. The van der Waals surface area contributed by atoms with Gasteiger partial charge in [0.25, 0.3) is 0 Å². The lowest BCUT2D eigenvalue weighted by atomic mass is 9.70. The first-order valence-corrected chi connectivity index (χ1v) is 17.7. The molecule has 0 radical (unpaired) electrons. The van der Waals surface area contributed by atoms with E-state index in [1.807, 2.05) is 11.3 Å². The molecular formula is C33H32FN4O3S3+. The number of thiazole rings is 1. The Bertz CT molecular complexity index is 1900. The summed E-state index contributed by atoms with van der Waals surface area (Å²) in [5.74, 6) is -0.0949. The number of nitrogens with zero attached hydrogens (tertiary/aromatic N) is 3. The lowest BCUT2D eigenvalue weighted by molar-refractivity contribution is 0.0691. The molecule has 2 fully saturated rings. The number of aromatic carboxylic acids is 1. The summed E-state index contributed by atoms with van der Waals surface area (Å²) in [7, 11) is -2.29. The van der Waals surface area contributed by atoms with Crippen LogP contribution in [-0.4, -0.2) is 25.8 Å². The standard InChI is InChI=1S/C33H31FN4O3S3/c1-18-5-9-29(43-18)24-15-23(16-24)21-3-2-4-22(14-21)31-25(11-20-8-10-30(44(35)41)26(34)12-20)28(13-19-6-7-19)38(37-31)33-36-27(17-42-33)32(39)40/h2-5,8-10,12,14,17,19,23-24H,6-7,11,13,15-16H2,1H3,(H2,35,41)(H,39,40)/p+1. The number of aromatic nitrogens is 3. The topological polar surface area (TPSA) is 111 Å². The summed E-state index contributed by atoms with van der Waals surface area (Å²) in [6.45, 7) is 2.15. The molecule has 0 bridgehead atoms. The van der Waals surface area contributed by atoms with Crippen LogP contribution in [0.4, 0.5) is 4.39 Å². The molecule has 2 saturated carbocycles. The largest absolute Gasteiger partial charge is 0.476 e. The normalized spacial score (nSPS) is 18.7. The molecule has 44 heavy (non-hydrogen) atoms. The smallest absolute Gasteiger partial charge is 0.355 e. The van der Waals surface area contributed by atoms with Crippen LogP contribution in [0.3, 0.4) is 0 Å². The quantitative estimate of drug-likeness (QED) is 0.122. The summed E-state index contributed by atoms with van der Waals surface area (Å²) in [6.07, 6.45) is 5.64. The van der Waals surface area contributed by atoms with Gasteiger partial charge in [0.2, 0.25) is 10.0 Å². The molecule has 0 amide bonds. The third-order valence-electron chi connectivity index (χ3n) is 8.72. The summed E-state index contributed by atoms with van der Waals surface area (Å²) in [5.41, 5.74) is 5.67. The molecule has 5 aromatic rings. The number of hydrogen-bond donors (Lipinski definition) is 2. The highest BCUT2D eigenvalue weighted by Crippen LogP contribution is 2.49. The van der Waals surface area contributed by atoms with Gasteiger partial charge in [-0.2, -0.15) is 5.10 Å². The number of thiol groups is 1. The maximum Gasteiger partial charge on any atom is 0.355 e. The van der Waals surface area contributed by atoms with E-state index in [1.165, 1.54) is 44.2 Å². The molecule has 1 atom stereocenters. The Kier molecular flexibility index (Phi) is 7.82. The Balaban J connectivity index is 1.29. The van der Waals surface area contributed by atoms with E-state index in [0.717, 1.165) is 60.2 Å². The minimum atomic E-state index is -2.29. The van der Waals surface area contributed by atoms with Crippen LogP contribution in [0, 0.1) is 18.7 Å². The van der Waals surface area contributed by atoms with Crippen LogP contribution in [0.2, 0.25) is 0 Å². The minimum Gasteiger partial charge on any atom is -0.476 e. The lowest BCUT2D eigenvalue weighted by Crippen LogP contribution is -2.19. The molecule has 3 N–H and O–H groups in total. The van der Waals surface area contributed by atoms with E-state index >= 15 is 0 Å². The van der Waals surface area contributed by atoms with E-state index in [1.54, 1.807) is 10.7 Å². The van der Waals surface area contributed by atoms with E-state index in [9.17, 15) is 18.5 Å². The maximum absolute atomic E-state index is 14.9. The van der Waals surface area contributed by atoms with Crippen molar-refractivity contribution in [2.75, 3.05) is 0 Å². The molecule has 3 heterocycles. The molecule has 2 aromatic carbocycles. The van der Waals surface area contributed by atoms with Crippen molar-refractivity contribution in [3.05, 3.63) is 104 Å². The van der Waals surface area contributed by atoms with Gasteiger partial charge in [-0.1, -0.05) is 28.5 Å². The third-order valence-corrected chi connectivity index (χ3v) is 11.5. The number of rotatable bonds is 10. The highest BCUT2D eigenvalue weighted by Gasteiger charge is 2.33. The van der Waals surface area contributed by atoms with Crippen LogP contribution < -0.4 is 5.14 Å². The van der Waals surface area contributed by atoms with Gasteiger partial charge in [-0.25, -0.2) is 18.9 Å². The van der Waals surface area contributed by atoms with Crippen LogP contribution in [0.15, 0.2) is 64.9 Å². The predicted octanol–water partition coefficient (Wildman–Crippen LogP) is 7.34. The fourth-order valence-corrected chi connectivity index (χ4v) is 8.38. The minimum absolute atomic E-state index is 0.00562. The van der Waals surface area contributed by atoms with Crippen LogP contribution in [0.5, 0.6) is 0 Å². The monoisotopic (exact) mass is 647 g/mol. The van der Waals surface area contributed by atoms with Crippen molar-refractivity contribution in [3.8, 4) is 16.4 Å². The van der Waals surface area contributed by atoms with Gasteiger partial charge in [0.1, 0.15) is 0 Å². The van der Waals surface area contributed by atoms with E-state index < -0.39 is 22.8 Å². The second-order valence-corrected chi connectivity index (χ2v) is 15.2. The number of carboxylic acid groups (broad SMARTS) is 1. The van der Waals surface area contributed by atoms with Crippen molar-refractivity contribution in [2.45, 2.75) is 62.2 Å². The van der Waals surface area contributed by atoms with Crippen molar-refractivity contribution in [1.29, 1.82) is 0 Å². The van der Waals surface area contributed by atoms with Gasteiger partial charge < -0.3 is 5.11 Å². The lowest BCUT2D eigenvalue weighted by Gasteiger charge is -2.35. The molecule has 2 aliphatic carbocycles. The molecule has 0 aliphatic heterocycles. The summed E-state index contributed by atoms with van der Waals surface area (Å²) >= 11 is 3.13. The molecule has 1 unspecified atom stereocenters. The van der Waals surface area contributed by atoms with Crippen LogP contribution in [0.1, 0.15) is 80.1 Å². The zero-order valence-electron chi connectivity index (χ0n) is 24.1. The summed E-state index contributed by atoms with van der Waals surface area (Å²) in [5, 5.41) is 22.2. The number of nitrogens with two attached hydrogens (primary N) is 1. The van der Waals surface area contributed by atoms with Crippen molar-refractivity contribution in [1.82, 2.24) is 14.8 Å². The van der Waals surface area contributed by atoms with Gasteiger partial charge in [0.05, 0.1) is 11.4 Å². The Hall–Kier alpha value is -3.51. The average molecular weight is 648 g/mol. The average Bonchev–Trinajstić information content (AvgIpc) is 3.31. The van der Waals surface area contributed by atoms with E-state index in [2.05, 4.69) is 48.3 Å². The molecular weight excluding hydrogens is 616 g/mol. The maximum atomic E-state index is 14.9. The third kappa shape index (κ3) is 5.81. The fourth-order valence-electron chi connectivity index (χ4n) is 6.10. The number of carboxylic acids is 1. The number of benzene rings is 2. The van der Waals surface area contributed by atoms with E-state index in [-0.39, 0.29) is 10.6 Å². The Morgan fingerprint density at radius 2 is 1.95 bits per heavy atom. The number of thiophene rings is 1. The first kappa shape index (κ1) is 29.2. The Morgan fingerprint density at radius 1 is 1.14 bits per heavy atom. The Morgan fingerprint density at radius 3 is 2.61 bits per heavy atom. The van der Waals surface area contributed by atoms with Gasteiger partial charge >= 0.3 is 5.97 Å². The van der Waals surface area contributed by atoms with Gasteiger partial charge in [-0.05, 0) is 98.2 Å². The van der Waals surface area contributed by atoms with Crippen molar-refractivity contribution in [3.63, 3.8) is 0 Å². The molecule has 7 nitrogen and oxygen atoms in total. The first-order valence-electron chi connectivity index (χ1n) is 14.7. The highest BCUT2D eigenvalue weighted by atomic mass is 32.2. The highest BCUT2D eigenvalue weighted by molar-refractivity contribution is 7.82. The SMILES string of the molecule is Cc1ccc(C2CC(c3cccc(-c4nn(-c5nc(C(=O)O)cs5)c(CC5CC5)c4Cc4ccc([SH+](N)=O)c(F)c4)c3)C2)s1. The molecule has 0 spiro atoms. The zero-order valence-corrected chi connectivity index (χ0v) is 26.6. The summed E-state index contributed by atoms with van der Waals surface area (Å²) < 4.78 is 28.5. The molecule has 11 heteroatoms. The van der Waals surface area contributed by atoms with E-state index in [0.29, 0.717) is 29.3 Å². The summed E-state index contributed by atoms with van der Waals surface area (Å²) in [6, 6.07) is 17.7. The van der Waals surface area contributed by atoms with Crippen molar-refractivity contribution in [2.24, 2.45) is 11.1 Å². The van der Waals surface area contributed by atoms with Gasteiger partial charge in [-0.15, -0.1) is 27.8 Å². The van der Waals surface area contributed by atoms with E-state index in [4.69, 9.17) is 10.2 Å². The number of aryl methyl sites for hydroxylation is 1. The molecule has 2 aliphatic rings. The molecule has 3 aromatic heterocycles. The first-order chi connectivity index (χ1) is 21.2. The van der Waals surface area contributed by atoms with Gasteiger partial charge in [-0.3, -0.25) is 0 Å². The van der Waals surface area contributed by atoms with Crippen LogP contribution in [-0.2, 0) is 28.0 Å². The Labute approximate surface area is 265 Å². The molecule has 0 saturated heterocycles. The van der Waals surface area contributed by atoms with Crippen molar-refractivity contribution < 1.29 is 18.5 Å². The number of carbonyl (C=O) groups is 1. The van der Waals surface area contributed by atoms with Gasteiger partial charge in [0.15, 0.2) is 22.5 Å². The second-order valence-electron chi connectivity index (χ2n) is 11.9. The molecule has 226 valence electrons. The predicted molar refractivity (Wildman–Crippen MR) is 173 cm³/mol. The fraction of sp³-hybridized carbons (Fsp3) is 0.303. The second kappa shape index (κ2) is 11.8. The van der Waals surface area contributed by atoms with Gasteiger partial charge in [0, 0.05) is 32.7 Å². The van der Waals surface area contributed by atoms with Crippen molar-refractivity contribution >= 4 is 39.6 Å².